The van der Waals surface area contributed by atoms with Gasteiger partial charge in [0, 0.05) is 72.3 Å². The van der Waals surface area contributed by atoms with E-state index >= 15 is 0 Å². The monoisotopic (exact) mass is 910 g/mol. The normalized spacial score (nSPS) is 19.4. The van der Waals surface area contributed by atoms with Crippen LogP contribution in [0.5, 0.6) is 11.5 Å². The second kappa shape index (κ2) is 19.0. The molecule has 14 nitrogen and oxygen atoms in total. The minimum Gasteiger partial charge on any atom is -0.748 e. The summed E-state index contributed by atoms with van der Waals surface area (Å²) < 4.78 is 70.9. The summed E-state index contributed by atoms with van der Waals surface area (Å²) in [7, 11) is -4.31. The fourth-order valence-corrected chi connectivity index (χ4v) is 10.4. The van der Waals surface area contributed by atoms with Crippen molar-refractivity contribution in [3.8, 4) is 11.5 Å². The molecule has 2 saturated heterocycles. The van der Waals surface area contributed by atoms with Crippen LogP contribution < -0.4 is 28.4 Å². The third kappa shape index (κ3) is 10.3. The largest absolute Gasteiger partial charge is 0.748 e. The predicted molar refractivity (Wildman–Crippen MR) is 248 cm³/mol. The summed E-state index contributed by atoms with van der Waals surface area (Å²) in [5.41, 5.74) is 5.24. The number of likely N-dealkylation sites (tertiary alicyclic amines) is 2. The molecule has 4 aromatic heterocycles. The van der Waals surface area contributed by atoms with Gasteiger partial charge in [-0.05, 0) is 96.8 Å². The van der Waals surface area contributed by atoms with E-state index in [2.05, 4.69) is 104 Å². The number of hydrogen-bond donors (Lipinski definition) is 4. The molecule has 2 aliphatic rings. The van der Waals surface area contributed by atoms with Crippen molar-refractivity contribution >= 4 is 85.4 Å². The molecular formula is C48H58N6O8S2+2. The van der Waals surface area contributed by atoms with E-state index in [1.54, 1.807) is 24.0 Å². The Kier molecular flexibility index (Phi) is 13.4. The lowest BCUT2D eigenvalue weighted by Crippen LogP contribution is -3.14. The number of methoxy groups -OCH3 is 2. The maximum atomic E-state index is 9.08. The number of fused-ring (bicyclic) bond motifs is 10. The van der Waals surface area contributed by atoms with Crippen molar-refractivity contribution in [3.63, 3.8) is 0 Å². The summed E-state index contributed by atoms with van der Waals surface area (Å²) >= 11 is 0. The summed E-state index contributed by atoms with van der Waals surface area (Å²) in [6, 6.07) is 26.7. The molecule has 64 heavy (non-hydrogen) atoms. The topological polar surface area (TPSA) is 181 Å². The van der Waals surface area contributed by atoms with E-state index in [4.69, 9.17) is 35.4 Å². The van der Waals surface area contributed by atoms with Crippen molar-refractivity contribution in [1.82, 2.24) is 9.97 Å². The lowest BCUT2D eigenvalue weighted by molar-refractivity contribution is -0.925. The van der Waals surface area contributed by atoms with Gasteiger partial charge in [0.2, 0.25) is 22.1 Å². The Balaban J connectivity index is 0.000000508. The molecule has 0 aliphatic carbocycles. The molecule has 2 aliphatic heterocycles. The average molecular weight is 911 g/mol. The Hall–Kier alpha value is -5.36. The summed E-state index contributed by atoms with van der Waals surface area (Å²) in [6.45, 7) is 9.59. The number of piperidine rings is 2. The number of benzene rings is 4. The van der Waals surface area contributed by atoms with Crippen molar-refractivity contribution in [1.29, 1.82) is 0 Å². The van der Waals surface area contributed by atoms with Crippen molar-refractivity contribution in [2.45, 2.75) is 38.8 Å². The second-order valence-corrected chi connectivity index (χ2v) is 20.2. The summed E-state index contributed by atoms with van der Waals surface area (Å²) in [4.78, 5) is 10.2. The maximum absolute atomic E-state index is 9.08. The van der Waals surface area contributed by atoms with Gasteiger partial charge in [-0.25, -0.2) is 16.8 Å². The van der Waals surface area contributed by atoms with Gasteiger partial charge in [-0.2, -0.15) is 9.13 Å². The Morgan fingerprint density at radius 2 is 0.922 bits per heavy atom. The molecule has 6 heterocycles. The molecular weight excluding hydrogens is 853 g/mol. The molecule has 0 unspecified atom stereocenters. The highest BCUT2D eigenvalue weighted by Gasteiger charge is 2.34. The molecule has 0 radical (unpaired) electrons. The van der Waals surface area contributed by atoms with Crippen molar-refractivity contribution in [2.75, 3.05) is 66.0 Å². The summed E-state index contributed by atoms with van der Waals surface area (Å²) in [6.07, 6.45) is 15.0. The first-order chi connectivity index (χ1) is 30.7. The van der Waals surface area contributed by atoms with Gasteiger partial charge >= 0.3 is 0 Å². The quantitative estimate of drug-likeness (QED) is 0.126. The zero-order chi connectivity index (χ0) is 45.2. The Labute approximate surface area is 373 Å². The van der Waals surface area contributed by atoms with Crippen LogP contribution in [0.4, 0.5) is 0 Å². The third-order valence-corrected chi connectivity index (χ3v) is 13.3. The minimum absolute atomic E-state index is 0.604. The van der Waals surface area contributed by atoms with Gasteiger partial charge in [-0.15, -0.1) is 0 Å². The number of ether oxygens (including phenoxy) is 2. The average Bonchev–Trinajstić information content (AvgIpc) is 3.78. The number of aromatic amines is 2. The molecule has 0 atom stereocenters. The van der Waals surface area contributed by atoms with E-state index in [0.717, 1.165) is 36.4 Å². The highest BCUT2D eigenvalue weighted by atomic mass is 32.2. The molecule has 2 fully saturated rings. The van der Waals surface area contributed by atoms with Gasteiger partial charge in [0.05, 0.1) is 82.2 Å². The number of H-pyrrole nitrogens is 2. The Bertz CT molecular complexity index is 2940. The minimum atomic E-state index is -3.92. The van der Waals surface area contributed by atoms with Crippen LogP contribution in [-0.4, -0.2) is 102 Å². The molecule has 0 amide bonds. The fraction of sp³-hybridized carbons (Fsp3) is 0.375. The number of rotatable bonds is 9. The van der Waals surface area contributed by atoms with Crippen LogP contribution in [0, 0.1) is 11.8 Å². The zero-order valence-corrected chi connectivity index (χ0v) is 38.5. The Morgan fingerprint density at radius 1 is 0.562 bits per heavy atom. The zero-order valence-electron chi connectivity index (χ0n) is 36.9. The molecule has 4 N–H and O–H groups in total. The van der Waals surface area contributed by atoms with Gasteiger partial charge in [-0.1, -0.05) is 0 Å². The number of pyridine rings is 2. The Morgan fingerprint density at radius 3 is 1.28 bits per heavy atom. The molecule has 4 aromatic carbocycles. The first-order valence-electron chi connectivity index (χ1n) is 21.9. The van der Waals surface area contributed by atoms with E-state index < -0.39 is 20.2 Å². The third-order valence-electron chi connectivity index (χ3n) is 13.3. The van der Waals surface area contributed by atoms with Crippen molar-refractivity contribution in [2.24, 2.45) is 11.8 Å². The van der Waals surface area contributed by atoms with Crippen molar-refractivity contribution in [3.05, 3.63) is 97.6 Å². The van der Waals surface area contributed by atoms with Crippen LogP contribution >= 0.6 is 0 Å². The van der Waals surface area contributed by atoms with E-state index in [1.165, 1.54) is 130 Å². The molecule has 0 saturated carbocycles. The number of aromatic nitrogens is 4. The first kappa shape index (κ1) is 45.2. The SMILES string of the molecule is COc1ccc2c(c1)c1c3c[nH]ccc3ccc1[n+]2CC[NH+]1CCC(C2CC[NH+](CC[n+]3c4ccc(OC)cc4c4c5c[nH]ccc5ccc43)CC2)CC1.CS(=O)(=O)[O-].CS(=O)(=O)[O-]. The summed E-state index contributed by atoms with van der Waals surface area (Å²) in [5, 5.41) is 10.3. The standard InChI is InChI=1S/C46H48N6O2.2CH4O3S/c1-53-35-5-9-41-37(27-35)45-39-29-47-17-11-33(39)3-7-43(45)51(41)25-23-49-19-13-31(14-20-49)32-15-21-50(22-16-32)24-26-52-42-10-6-36(54-2)28-38(42)46-40-30-48-18-12-34(40)4-8-44(46)52;2*1-5(2,3)4/h3-12,17-18,27-32H,13-16,19-26H2,1-2H3;2*1H3,(H,2,3,4)/p+2. The van der Waals surface area contributed by atoms with Gasteiger partial charge in [0.25, 0.3) is 0 Å². The number of nitrogens with one attached hydrogen (secondary N) is 4. The van der Waals surface area contributed by atoms with E-state index in [1.807, 2.05) is 12.4 Å². The van der Waals surface area contributed by atoms with Crippen LogP contribution in [0.25, 0.3) is 65.2 Å². The van der Waals surface area contributed by atoms with Gasteiger partial charge in [0.15, 0.2) is 13.1 Å². The van der Waals surface area contributed by atoms with E-state index in [-0.39, 0.29) is 0 Å². The molecule has 16 heteroatoms. The maximum Gasteiger partial charge on any atom is 0.214 e. The second-order valence-electron chi connectivity index (χ2n) is 17.4. The van der Waals surface area contributed by atoms with Gasteiger partial charge in [0.1, 0.15) is 24.6 Å². The number of nitrogens with zero attached hydrogens (tertiary/aromatic N) is 2. The smallest absolute Gasteiger partial charge is 0.214 e. The van der Waals surface area contributed by atoms with Crippen LogP contribution in [0.1, 0.15) is 25.7 Å². The lowest BCUT2D eigenvalue weighted by atomic mass is 9.79. The number of hydrogen-bond acceptors (Lipinski definition) is 8. The fourth-order valence-electron chi connectivity index (χ4n) is 10.4. The molecule has 0 bridgehead atoms. The number of quaternary nitrogens is 2. The van der Waals surface area contributed by atoms with Crippen LogP contribution in [0.2, 0.25) is 0 Å². The van der Waals surface area contributed by atoms with Crippen LogP contribution in [0.15, 0.2) is 97.6 Å². The highest BCUT2D eigenvalue weighted by molar-refractivity contribution is 7.85. The highest BCUT2D eigenvalue weighted by Crippen LogP contribution is 2.34. The molecule has 10 rings (SSSR count). The molecule has 338 valence electrons. The summed E-state index contributed by atoms with van der Waals surface area (Å²) in [5.74, 6) is 3.60. The van der Waals surface area contributed by atoms with E-state index in [9.17, 15) is 0 Å². The lowest BCUT2D eigenvalue weighted by Gasteiger charge is -2.37. The van der Waals surface area contributed by atoms with Gasteiger partial charge in [-0.3, -0.25) is 0 Å². The molecule has 8 aromatic rings. The first-order valence-corrected chi connectivity index (χ1v) is 25.6. The van der Waals surface area contributed by atoms with Crippen LogP contribution in [0.3, 0.4) is 0 Å². The molecule has 0 spiro atoms. The predicted octanol–water partition coefficient (Wildman–Crippen LogP) is 3.47. The van der Waals surface area contributed by atoms with E-state index in [0.29, 0.717) is 12.5 Å². The van der Waals surface area contributed by atoms with Gasteiger partial charge < -0.3 is 38.3 Å². The van der Waals surface area contributed by atoms with Crippen LogP contribution in [-0.2, 0) is 33.3 Å². The van der Waals surface area contributed by atoms with Crippen molar-refractivity contribution < 1.29 is 54.3 Å².